The molecule has 2 nitrogen and oxygen atoms in total. The van der Waals surface area contributed by atoms with E-state index in [2.05, 4.69) is 52.1 Å². The Balaban J connectivity index is 1.91. The third kappa shape index (κ3) is 3.92. The molecule has 0 fully saturated rings. The molecule has 96 valence electrons. The minimum Gasteiger partial charge on any atom is -0.392 e. The number of nitrogens with zero attached hydrogens (tertiary/aromatic N) is 1. The highest BCUT2D eigenvalue weighted by molar-refractivity contribution is 9.11. The van der Waals surface area contributed by atoms with Gasteiger partial charge in [-0.15, -0.1) is 11.3 Å². The zero-order valence-corrected chi connectivity index (χ0v) is 12.7. The molecule has 0 saturated heterocycles. The maximum atomic E-state index is 8.99. The fraction of sp³-hybridized carbons (Fsp3) is 0.286. The molecule has 0 saturated carbocycles. The first-order valence-electron chi connectivity index (χ1n) is 5.79. The number of benzene rings is 1. The first-order valence-corrected chi connectivity index (χ1v) is 7.40. The zero-order valence-electron chi connectivity index (χ0n) is 10.3. The summed E-state index contributed by atoms with van der Waals surface area (Å²) in [6.45, 7) is 1.98. The van der Waals surface area contributed by atoms with Crippen LogP contribution in [0.2, 0.25) is 0 Å². The lowest BCUT2D eigenvalue weighted by atomic mass is 10.1. The molecular formula is C14H16BrNOS. The van der Waals surface area contributed by atoms with Gasteiger partial charge in [-0.1, -0.05) is 24.3 Å². The molecule has 0 aliphatic rings. The van der Waals surface area contributed by atoms with Crippen LogP contribution in [0.15, 0.2) is 40.2 Å². The molecule has 1 heterocycles. The summed E-state index contributed by atoms with van der Waals surface area (Å²) in [6, 6.07) is 12.3. The van der Waals surface area contributed by atoms with E-state index in [9.17, 15) is 0 Å². The number of aliphatic hydroxyl groups is 1. The number of thiophene rings is 1. The molecule has 0 spiro atoms. The maximum Gasteiger partial charge on any atom is 0.0701 e. The smallest absolute Gasteiger partial charge is 0.0701 e. The highest BCUT2D eigenvalue weighted by Crippen LogP contribution is 2.23. The third-order valence-corrected chi connectivity index (χ3v) is 4.32. The highest BCUT2D eigenvalue weighted by atomic mass is 79.9. The third-order valence-electron chi connectivity index (χ3n) is 2.71. The summed E-state index contributed by atoms with van der Waals surface area (Å²) >= 11 is 5.26. The molecular weight excluding hydrogens is 310 g/mol. The number of aliphatic hydroxyl groups excluding tert-OH is 1. The van der Waals surface area contributed by atoms with Crippen LogP contribution in [0.4, 0.5) is 0 Å². The highest BCUT2D eigenvalue weighted by Gasteiger charge is 2.04. The van der Waals surface area contributed by atoms with Crippen LogP contribution in [0, 0.1) is 0 Å². The van der Waals surface area contributed by atoms with Crippen LogP contribution in [0.5, 0.6) is 0 Å². The van der Waals surface area contributed by atoms with Gasteiger partial charge in [-0.05, 0) is 46.2 Å². The van der Waals surface area contributed by atoms with E-state index in [4.69, 9.17) is 5.11 Å². The van der Waals surface area contributed by atoms with E-state index in [-0.39, 0.29) is 6.61 Å². The molecule has 0 amide bonds. The predicted molar refractivity (Wildman–Crippen MR) is 79.6 cm³/mol. The van der Waals surface area contributed by atoms with Crippen molar-refractivity contribution < 1.29 is 5.11 Å². The molecule has 4 heteroatoms. The Labute approximate surface area is 120 Å². The number of hydrogen-bond acceptors (Lipinski definition) is 3. The Bertz CT molecular complexity index is 495. The minimum atomic E-state index is 0.110. The molecule has 1 aromatic heterocycles. The molecule has 2 aromatic rings. The summed E-state index contributed by atoms with van der Waals surface area (Å²) in [6.07, 6.45) is 0. The molecule has 0 unspecified atom stereocenters. The fourth-order valence-corrected chi connectivity index (χ4v) is 3.38. The zero-order chi connectivity index (χ0) is 13.0. The second-order valence-electron chi connectivity index (χ2n) is 4.35. The summed E-state index contributed by atoms with van der Waals surface area (Å²) < 4.78 is 1.18. The largest absolute Gasteiger partial charge is 0.392 e. The normalized spacial score (nSPS) is 11.1. The Morgan fingerprint density at radius 2 is 1.72 bits per heavy atom. The van der Waals surface area contributed by atoms with E-state index in [0.29, 0.717) is 0 Å². The SMILES string of the molecule is CN(Cc1ccc(CO)cc1)Cc1ccc(Br)s1. The fourth-order valence-electron chi connectivity index (χ4n) is 1.82. The summed E-state index contributed by atoms with van der Waals surface area (Å²) in [5.41, 5.74) is 2.23. The van der Waals surface area contributed by atoms with Crippen molar-refractivity contribution in [3.63, 3.8) is 0 Å². The van der Waals surface area contributed by atoms with Crippen molar-refractivity contribution in [2.45, 2.75) is 19.7 Å². The van der Waals surface area contributed by atoms with Crippen LogP contribution in [0.3, 0.4) is 0 Å². The van der Waals surface area contributed by atoms with Crippen molar-refractivity contribution in [2.75, 3.05) is 7.05 Å². The van der Waals surface area contributed by atoms with Crippen molar-refractivity contribution in [3.05, 3.63) is 56.2 Å². The molecule has 18 heavy (non-hydrogen) atoms. The van der Waals surface area contributed by atoms with Gasteiger partial charge in [-0.25, -0.2) is 0 Å². The van der Waals surface area contributed by atoms with Crippen LogP contribution in [0.1, 0.15) is 16.0 Å². The van der Waals surface area contributed by atoms with Gasteiger partial charge < -0.3 is 5.11 Å². The predicted octanol–water partition coefficient (Wildman–Crippen LogP) is 3.63. The lowest BCUT2D eigenvalue weighted by Crippen LogP contribution is -2.16. The quantitative estimate of drug-likeness (QED) is 0.907. The summed E-state index contributed by atoms with van der Waals surface area (Å²) in [5.74, 6) is 0. The van der Waals surface area contributed by atoms with Gasteiger partial charge in [-0.2, -0.15) is 0 Å². The molecule has 0 aliphatic carbocycles. The van der Waals surface area contributed by atoms with E-state index in [1.807, 2.05) is 12.1 Å². The van der Waals surface area contributed by atoms with Crippen LogP contribution in [-0.2, 0) is 19.7 Å². The number of hydrogen-bond donors (Lipinski definition) is 1. The summed E-state index contributed by atoms with van der Waals surface area (Å²) in [5, 5.41) is 8.99. The van der Waals surface area contributed by atoms with Crippen molar-refractivity contribution in [1.29, 1.82) is 0 Å². The molecule has 1 aromatic carbocycles. The second kappa shape index (κ2) is 6.48. The van der Waals surface area contributed by atoms with E-state index >= 15 is 0 Å². The van der Waals surface area contributed by atoms with Crippen LogP contribution in [-0.4, -0.2) is 17.1 Å². The van der Waals surface area contributed by atoms with Gasteiger partial charge in [0.25, 0.3) is 0 Å². The Morgan fingerprint density at radius 3 is 2.28 bits per heavy atom. The van der Waals surface area contributed by atoms with Crippen LogP contribution in [0.25, 0.3) is 0 Å². The van der Waals surface area contributed by atoms with Crippen molar-refractivity contribution in [2.24, 2.45) is 0 Å². The first-order chi connectivity index (χ1) is 8.67. The van der Waals surface area contributed by atoms with E-state index in [1.54, 1.807) is 11.3 Å². The second-order valence-corrected chi connectivity index (χ2v) is 6.90. The number of rotatable bonds is 5. The van der Waals surface area contributed by atoms with Crippen LogP contribution < -0.4 is 0 Å². The molecule has 0 bridgehead atoms. The van der Waals surface area contributed by atoms with E-state index in [0.717, 1.165) is 18.7 Å². The van der Waals surface area contributed by atoms with Gasteiger partial charge in [0, 0.05) is 18.0 Å². The van der Waals surface area contributed by atoms with Crippen molar-refractivity contribution in [1.82, 2.24) is 4.90 Å². The van der Waals surface area contributed by atoms with Crippen LogP contribution >= 0.6 is 27.3 Å². The lowest BCUT2D eigenvalue weighted by Gasteiger charge is -2.15. The van der Waals surface area contributed by atoms with Gasteiger partial charge in [0.2, 0.25) is 0 Å². The average Bonchev–Trinajstić information content (AvgIpc) is 2.75. The Kier molecular flexibility index (Phi) is 4.95. The van der Waals surface area contributed by atoms with E-state index in [1.165, 1.54) is 14.2 Å². The topological polar surface area (TPSA) is 23.5 Å². The summed E-state index contributed by atoms with van der Waals surface area (Å²) in [7, 11) is 2.12. The van der Waals surface area contributed by atoms with E-state index < -0.39 is 0 Å². The minimum absolute atomic E-state index is 0.110. The number of halogens is 1. The molecule has 2 rings (SSSR count). The molecule has 0 radical (unpaired) electrons. The first kappa shape index (κ1) is 13.7. The maximum absolute atomic E-state index is 8.99. The molecule has 1 N–H and O–H groups in total. The lowest BCUT2D eigenvalue weighted by molar-refractivity contribution is 0.281. The monoisotopic (exact) mass is 325 g/mol. The molecule has 0 aliphatic heterocycles. The Morgan fingerprint density at radius 1 is 1.06 bits per heavy atom. The van der Waals surface area contributed by atoms with Crippen molar-refractivity contribution >= 4 is 27.3 Å². The van der Waals surface area contributed by atoms with Gasteiger partial charge in [0.1, 0.15) is 0 Å². The van der Waals surface area contributed by atoms with Gasteiger partial charge >= 0.3 is 0 Å². The summed E-state index contributed by atoms with van der Waals surface area (Å²) in [4.78, 5) is 3.64. The Hall–Kier alpha value is -0.680. The van der Waals surface area contributed by atoms with Crippen molar-refractivity contribution in [3.8, 4) is 0 Å². The van der Waals surface area contributed by atoms with Gasteiger partial charge in [0.15, 0.2) is 0 Å². The molecule has 0 atom stereocenters. The average molecular weight is 326 g/mol. The standard InChI is InChI=1S/C14H16BrNOS/c1-16(9-13-6-7-14(15)18-13)8-11-2-4-12(10-17)5-3-11/h2-7,17H,8-10H2,1H3. The van der Waals surface area contributed by atoms with Gasteiger partial charge in [0.05, 0.1) is 10.4 Å². The van der Waals surface area contributed by atoms with Gasteiger partial charge in [-0.3, -0.25) is 4.90 Å².